The molecule has 8 nitrogen and oxygen atoms in total. The Bertz CT molecular complexity index is 2600. The number of allylic oxidation sites excluding steroid dienone is 9. The zero-order valence-corrected chi connectivity index (χ0v) is 36.2. The fourth-order valence-corrected chi connectivity index (χ4v) is 10.9. The summed E-state index contributed by atoms with van der Waals surface area (Å²) >= 11 is 0. The lowest BCUT2D eigenvalue weighted by molar-refractivity contribution is 0.0873. The van der Waals surface area contributed by atoms with Gasteiger partial charge in [0.15, 0.2) is 0 Å². The van der Waals surface area contributed by atoms with Crippen molar-refractivity contribution in [1.82, 2.24) is 9.80 Å². The Balaban J connectivity index is 1.21. The average Bonchev–Trinajstić information content (AvgIpc) is 3.79. The van der Waals surface area contributed by atoms with Gasteiger partial charge in [-0.1, -0.05) is 113 Å². The number of anilines is 1. The highest BCUT2D eigenvalue weighted by Crippen LogP contribution is 2.53. The van der Waals surface area contributed by atoms with Gasteiger partial charge in [-0.05, 0) is 112 Å². The van der Waals surface area contributed by atoms with E-state index in [1.807, 2.05) is 11.8 Å². The standard InChI is InChI=1S/C50H57N3O5S/c1-7-53-43-27-23-35-15-10-12-17-39(35)46(43)50(5,6)44(53)28-24-37-20-19-36(47(37)51-29-31-52(32-30-51)48(54)58-8-2)22-26-42-40(18-13-33-59(55,56)57)41-25-21-34-14-9-11-16-38(34)45(41)49(42,3)4/h9-12,14-17,21-28H,7-8,13,18-20,29-33H2,1-6H3,(H,55,56,57)/b26-22+,37-24+,44-28-. The van der Waals surface area contributed by atoms with E-state index in [4.69, 9.17) is 4.74 Å². The van der Waals surface area contributed by atoms with Crippen LogP contribution in [0.3, 0.4) is 0 Å². The number of amides is 1. The second-order valence-electron chi connectivity index (χ2n) is 17.3. The van der Waals surface area contributed by atoms with Crippen molar-refractivity contribution in [3.63, 3.8) is 0 Å². The molecular weight excluding hydrogens is 755 g/mol. The molecule has 8 rings (SSSR count). The van der Waals surface area contributed by atoms with Crippen molar-refractivity contribution >= 4 is 49.0 Å². The highest BCUT2D eigenvalue weighted by molar-refractivity contribution is 7.85. The van der Waals surface area contributed by atoms with Gasteiger partial charge in [-0.15, -0.1) is 0 Å². The lowest BCUT2D eigenvalue weighted by Gasteiger charge is -2.37. The van der Waals surface area contributed by atoms with Gasteiger partial charge in [-0.3, -0.25) is 4.55 Å². The van der Waals surface area contributed by atoms with Crippen molar-refractivity contribution in [3.8, 4) is 0 Å². The number of carbonyl (C=O) groups is 1. The maximum absolute atomic E-state index is 12.7. The van der Waals surface area contributed by atoms with E-state index in [1.165, 1.54) is 66.5 Å². The molecule has 308 valence electrons. The number of ether oxygens (including phenoxy) is 1. The molecule has 1 saturated heterocycles. The highest BCUT2D eigenvalue weighted by atomic mass is 32.2. The summed E-state index contributed by atoms with van der Waals surface area (Å²) in [7, 11) is -4.09. The lowest BCUT2D eigenvalue weighted by atomic mass is 9.78. The Hall–Kier alpha value is -5.12. The summed E-state index contributed by atoms with van der Waals surface area (Å²) in [4.78, 5) is 19.5. The first-order valence-corrected chi connectivity index (χ1v) is 22.9. The smallest absolute Gasteiger partial charge is 0.409 e. The predicted octanol–water partition coefficient (Wildman–Crippen LogP) is 10.7. The quantitative estimate of drug-likeness (QED) is 0.160. The molecule has 0 radical (unpaired) electrons. The van der Waals surface area contributed by atoms with Gasteiger partial charge >= 0.3 is 6.09 Å². The van der Waals surface area contributed by atoms with Gasteiger partial charge < -0.3 is 19.4 Å². The van der Waals surface area contributed by atoms with Crippen molar-refractivity contribution in [2.75, 3.05) is 50.0 Å². The van der Waals surface area contributed by atoms with Gasteiger partial charge in [-0.2, -0.15) is 8.42 Å². The number of hydrogen-bond donors (Lipinski definition) is 1. The molecule has 2 heterocycles. The molecule has 0 bridgehead atoms. The molecule has 59 heavy (non-hydrogen) atoms. The maximum atomic E-state index is 12.7. The van der Waals surface area contributed by atoms with Crippen LogP contribution in [0.15, 0.2) is 125 Å². The third-order valence-electron chi connectivity index (χ3n) is 13.1. The summed E-state index contributed by atoms with van der Waals surface area (Å²) < 4.78 is 38.7. The number of benzene rings is 4. The number of fused-ring (bicyclic) bond motifs is 6. The van der Waals surface area contributed by atoms with Crippen molar-refractivity contribution in [1.29, 1.82) is 0 Å². The first-order chi connectivity index (χ1) is 28.2. The normalized spacial score (nSPS) is 20.3. The van der Waals surface area contributed by atoms with Crippen LogP contribution in [0.4, 0.5) is 10.5 Å². The molecule has 2 aliphatic carbocycles. The van der Waals surface area contributed by atoms with E-state index < -0.39 is 10.1 Å². The molecule has 1 amide bonds. The number of carbonyl (C=O) groups excluding carboxylic acids is 1. The Morgan fingerprint density at radius 3 is 2.12 bits per heavy atom. The second-order valence-corrected chi connectivity index (χ2v) is 18.9. The van der Waals surface area contributed by atoms with E-state index in [9.17, 15) is 17.8 Å². The van der Waals surface area contributed by atoms with Crippen LogP contribution >= 0.6 is 0 Å². The second kappa shape index (κ2) is 15.8. The first kappa shape index (κ1) is 40.7. The Morgan fingerprint density at radius 1 is 0.797 bits per heavy atom. The van der Waals surface area contributed by atoms with Gasteiger partial charge in [-0.25, -0.2) is 4.79 Å². The average molecular weight is 812 g/mol. The van der Waals surface area contributed by atoms with E-state index in [0.717, 1.165) is 30.5 Å². The molecule has 4 aromatic rings. The minimum atomic E-state index is -4.09. The number of hydrogen-bond acceptors (Lipinski definition) is 6. The SMILES string of the molecule is CCOC(=O)N1CCN(C2=C(/C=C/C3=C(CCCS(=O)(=O)O)c4ccc5ccccc5c4C3(C)C)CC/C2=C\C=C2/N(CC)c3ccc4ccccc4c3C2(C)C)CC1. The maximum Gasteiger partial charge on any atom is 0.409 e. The topological polar surface area (TPSA) is 90.4 Å². The Kier molecular flexibility index (Phi) is 10.9. The van der Waals surface area contributed by atoms with E-state index in [0.29, 0.717) is 45.6 Å². The van der Waals surface area contributed by atoms with Crippen LogP contribution in [0.25, 0.3) is 27.1 Å². The van der Waals surface area contributed by atoms with Crippen LogP contribution in [0.5, 0.6) is 0 Å². The molecule has 1 N–H and O–H groups in total. The Morgan fingerprint density at radius 2 is 1.46 bits per heavy atom. The number of rotatable bonds is 10. The van der Waals surface area contributed by atoms with Crippen LogP contribution in [0, 0.1) is 0 Å². The Labute approximate surface area is 350 Å². The number of piperazine rings is 1. The fourth-order valence-electron chi connectivity index (χ4n) is 10.4. The molecule has 0 spiro atoms. The van der Waals surface area contributed by atoms with E-state index in [1.54, 1.807) is 0 Å². The molecule has 4 aromatic carbocycles. The van der Waals surface area contributed by atoms with Gasteiger partial charge in [0, 0.05) is 60.6 Å². The van der Waals surface area contributed by atoms with Gasteiger partial charge in [0.25, 0.3) is 10.1 Å². The third kappa shape index (κ3) is 7.41. The monoisotopic (exact) mass is 811 g/mol. The van der Waals surface area contributed by atoms with E-state index >= 15 is 0 Å². The molecule has 9 heteroatoms. The van der Waals surface area contributed by atoms with Crippen molar-refractivity contribution in [2.24, 2.45) is 0 Å². The number of nitrogens with zero attached hydrogens (tertiary/aromatic N) is 3. The molecule has 2 aliphatic heterocycles. The summed E-state index contributed by atoms with van der Waals surface area (Å²) in [6, 6.07) is 26.0. The molecular formula is C50H57N3O5S. The fraction of sp³-hybridized carbons (Fsp3) is 0.380. The molecule has 1 fully saturated rings. The van der Waals surface area contributed by atoms with Crippen LogP contribution in [0.1, 0.15) is 83.9 Å². The van der Waals surface area contributed by atoms with Crippen molar-refractivity contribution in [3.05, 3.63) is 142 Å². The summed E-state index contributed by atoms with van der Waals surface area (Å²) in [6.45, 7) is 17.1. The van der Waals surface area contributed by atoms with E-state index in [2.05, 4.69) is 142 Å². The molecule has 0 atom stereocenters. The summed E-state index contributed by atoms with van der Waals surface area (Å²) in [5.41, 5.74) is 11.9. The van der Waals surface area contributed by atoms with Gasteiger partial charge in [0.2, 0.25) is 0 Å². The molecule has 4 aliphatic rings. The zero-order valence-electron chi connectivity index (χ0n) is 35.3. The van der Waals surface area contributed by atoms with Crippen LogP contribution in [-0.4, -0.2) is 73.9 Å². The minimum Gasteiger partial charge on any atom is -0.450 e. The number of likely N-dealkylation sites (N-methyl/N-ethyl adjacent to an activating group) is 1. The molecule has 0 aromatic heterocycles. The van der Waals surface area contributed by atoms with E-state index in [-0.39, 0.29) is 22.7 Å². The summed E-state index contributed by atoms with van der Waals surface area (Å²) in [5.74, 6) is -0.277. The lowest BCUT2D eigenvalue weighted by Crippen LogP contribution is -2.48. The van der Waals surface area contributed by atoms with Crippen LogP contribution in [0.2, 0.25) is 0 Å². The van der Waals surface area contributed by atoms with Gasteiger partial charge in [0.05, 0.1) is 12.4 Å². The minimum absolute atomic E-state index is 0.203. The van der Waals surface area contributed by atoms with Crippen LogP contribution in [-0.2, 0) is 25.7 Å². The third-order valence-corrected chi connectivity index (χ3v) is 13.9. The largest absolute Gasteiger partial charge is 0.450 e. The summed E-state index contributed by atoms with van der Waals surface area (Å²) in [5, 5.41) is 4.94. The molecule has 0 unspecified atom stereocenters. The molecule has 0 saturated carbocycles. The van der Waals surface area contributed by atoms with Crippen molar-refractivity contribution in [2.45, 2.75) is 78.1 Å². The highest BCUT2D eigenvalue weighted by Gasteiger charge is 2.41. The van der Waals surface area contributed by atoms with Crippen LogP contribution < -0.4 is 4.90 Å². The predicted molar refractivity (Wildman–Crippen MR) is 241 cm³/mol. The zero-order chi connectivity index (χ0) is 41.7. The van der Waals surface area contributed by atoms with Crippen molar-refractivity contribution < 1.29 is 22.5 Å². The van der Waals surface area contributed by atoms with Gasteiger partial charge in [0.1, 0.15) is 0 Å². The first-order valence-electron chi connectivity index (χ1n) is 21.2. The summed E-state index contributed by atoms with van der Waals surface area (Å²) in [6.07, 6.45) is 11.7.